The lowest BCUT2D eigenvalue weighted by molar-refractivity contribution is 0.122. The monoisotopic (exact) mass is 431 g/mol. The molecule has 2 aromatic rings. The molecule has 2 fully saturated rings. The van der Waals surface area contributed by atoms with Crippen molar-refractivity contribution in [3.05, 3.63) is 47.1 Å². The molecule has 0 unspecified atom stereocenters. The van der Waals surface area contributed by atoms with Crippen molar-refractivity contribution in [2.75, 3.05) is 68.8 Å². The van der Waals surface area contributed by atoms with Crippen molar-refractivity contribution in [1.82, 2.24) is 10.2 Å². The summed E-state index contributed by atoms with van der Waals surface area (Å²) in [6.45, 7) is 9.93. The van der Waals surface area contributed by atoms with Crippen molar-refractivity contribution in [2.45, 2.75) is 13.5 Å². The van der Waals surface area contributed by atoms with Crippen molar-refractivity contribution in [2.24, 2.45) is 4.99 Å². The standard InChI is InChI=1S/C22H30FN5OS/c1-2-24-22(28-9-7-27(8-10-28)21-4-3-15-30-21)25-17-18-5-6-20(19(23)16-18)26-11-13-29-14-12-26/h3-6,15-16H,2,7-14,17H2,1H3,(H,24,25). The third kappa shape index (κ3) is 5.05. The maximum Gasteiger partial charge on any atom is 0.194 e. The number of aliphatic imine (C=N–C) groups is 1. The van der Waals surface area contributed by atoms with Gasteiger partial charge in [-0.2, -0.15) is 0 Å². The van der Waals surface area contributed by atoms with E-state index in [9.17, 15) is 4.39 Å². The minimum absolute atomic E-state index is 0.181. The average Bonchev–Trinajstić information content (AvgIpc) is 3.32. The van der Waals surface area contributed by atoms with E-state index in [-0.39, 0.29) is 5.82 Å². The van der Waals surface area contributed by atoms with E-state index >= 15 is 0 Å². The number of morpholine rings is 1. The molecule has 162 valence electrons. The Balaban J connectivity index is 1.38. The summed E-state index contributed by atoms with van der Waals surface area (Å²) >= 11 is 1.79. The summed E-state index contributed by atoms with van der Waals surface area (Å²) in [7, 11) is 0. The van der Waals surface area contributed by atoms with Crippen molar-refractivity contribution in [3.63, 3.8) is 0 Å². The lowest BCUT2D eigenvalue weighted by Crippen LogP contribution is -2.52. The predicted octanol–water partition coefficient (Wildman–Crippen LogP) is 3.01. The molecule has 4 rings (SSSR count). The first-order valence-electron chi connectivity index (χ1n) is 10.7. The molecule has 0 atom stereocenters. The topological polar surface area (TPSA) is 43.3 Å². The number of benzene rings is 1. The van der Waals surface area contributed by atoms with Crippen LogP contribution in [0, 0.1) is 5.82 Å². The van der Waals surface area contributed by atoms with Crippen LogP contribution in [0.3, 0.4) is 0 Å². The highest BCUT2D eigenvalue weighted by molar-refractivity contribution is 7.14. The number of ether oxygens (including phenoxy) is 1. The summed E-state index contributed by atoms with van der Waals surface area (Å²) in [6, 6.07) is 9.75. The van der Waals surface area contributed by atoms with Gasteiger partial charge in [-0.05, 0) is 42.1 Å². The molecule has 0 amide bonds. The van der Waals surface area contributed by atoms with E-state index in [2.05, 4.69) is 39.6 Å². The van der Waals surface area contributed by atoms with E-state index in [1.54, 1.807) is 17.4 Å². The molecule has 1 N–H and O–H groups in total. The quantitative estimate of drug-likeness (QED) is 0.582. The second-order valence-electron chi connectivity index (χ2n) is 7.48. The van der Waals surface area contributed by atoms with Gasteiger partial charge in [-0.15, -0.1) is 11.3 Å². The summed E-state index contributed by atoms with van der Waals surface area (Å²) in [5.74, 6) is 0.722. The van der Waals surface area contributed by atoms with Crippen molar-refractivity contribution in [1.29, 1.82) is 0 Å². The Bertz CT molecular complexity index is 830. The first-order valence-corrected chi connectivity index (χ1v) is 11.6. The van der Waals surface area contributed by atoms with Crippen LogP contribution >= 0.6 is 11.3 Å². The van der Waals surface area contributed by atoms with E-state index < -0.39 is 0 Å². The Morgan fingerprint density at radius 1 is 1.10 bits per heavy atom. The number of guanidine groups is 1. The number of nitrogens with one attached hydrogen (secondary N) is 1. The molecule has 2 aliphatic rings. The normalized spacial score (nSPS) is 18.1. The molecule has 6 nitrogen and oxygen atoms in total. The maximum absolute atomic E-state index is 14.7. The van der Waals surface area contributed by atoms with Crippen LogP contribution in [0.5, 0.6) is 0 Å². The van der Waals surface area contributed by atoms with Gasteiger partial charge in [0.05, 0.1) is 30.4 Å². The number of nitrogens with zero attached hydrogens (tertiary/aromatic N) is 4. The number of hydrogen-bond acceptors (Lipinski definition) is 5. The highest BCUT2D eigenvalue weighted by Crippen LogP contribution is 2.23. The van der Waals surface area contributed by atoms with Gasteiger partial charge in [-0.25, -0.2) is 9.38 Å². The number of anilines is 2. The summed E-state index contributed by atoms with van der Waals surface area (Å²) in [4.78, 5) is 11.6. The summed E-state index contributed by atoms with van der Waals surface area (Å²) < 4.78 is 20.0. The van der Waals surface area contributed by atoms with Crippen LogP contribution in [0.4, 0.5) is 15.1 Å². The van der Waals surface area contributed by atoms with Gasteiger partial charge in [0.25, 0.3) is 0 Å². The van der Waals surface area contributed by atoms with E-state index in [1.165, 1.54) is 5.00 Å². The number of thiophene rings is 1. The zero-order chi connectivity index (χ0) is 20.8. The molecule has 0 spiro atoms. The van der Waals surface area contributed by atoms with Gasteiger partial charge < -0.3 is 24.8 Å². The Kier molecular flexibility index (Phi) is 7.07. The van der Waals surface area contributed by atoms with Gasteiger partial charge in [0.1, 0.15) is 5.82 Å². The fourth-order valence-corrected chi connectivity index (χ4v) is 4.68. The van der Waals surface area contributed by atoms with Gasteiger partial charge in [-0.1, -0.05) is 6.07 Å². The molecule has 2 aliphatic heterocycles. The number of rotatable bonds is 5. The molecule has 3 heterocycles. The van der Waals surface area contributed by atoms with E-state index in [0.717, 1.165) is 57.3 Å². The zero-order valence-corrected chi connectivity index (χ0v) is 18.3. The van der Waals surface area contributed by atoms with Crippen LogP contribution in [0.1, 0.15) is 12.5 Å². The largest absolute Gasteiger partial charge is 0.378 e. The highest BCUT2D eigenvalue weighted by atomic mass is 32.1. The fourth-order valence-electron chi connectivity index (χ4n) is 3.89. The molecule has 30 heavy (non-hydrogen) atoms. The highest BCUT2D eigenvalue weighted by Gasteiger charge is 2.20. The van der Waals surface area contributed by atoms with Gasteiger partial charge in [-0.3, -0.25) is 0 Å². The Morgan fingerprint density at radius 3 is 2.57 bits per heavy atom. The lowest BCUT2D eigenvalue weighted by Gasteiger charge is -2.37. The average molecular weight is 432 g/mol. The first kappa shape index (κ1) is 20.9. The van der Waals surface area contributed by atoms with Gasteiger partial charge in [0.2, 0.25) is 0 Å². The fraction of sp³-hybridized carbons (Fsp3) is 0.500. The SMILES string of the molecule is CCNC(=NCc1ccc(N2CCOCC2)c(F)c1)N1CCN(c2cccs2)CC1. The number of hydrogen-bond donors (Lipinski definition) is 1. The third-order valence-electron chi connectivity index (χ3n) is 5.51. The molecule has 1 aromatic heterocycles. The predicted molar refractivity (Wildman–Crippen MR) is 122 cm³/mol. The van der Waals surface area contributed by atoms with Crippen LogP contribution in [0.2, 0.25) is 0 Å². The third-order valence-corrected chi connectivity index (χ3v) is 6.44. The minimum atomic E-state index is -0.181. The molecule has 0 aliphatic carbocycles. The van der Waals surface area contributed by atoms with E-state index in [1.807, 2.05) is 17.0 Å². The van der Waals surface area contributed by atoms with Crippen LogP contribution in [0.15, 0.2) is 40.7 Å². The second kappa shape index (κ2) is 10.1. The van der Waals surface area contributed by atoms with Crippen LogP contribution in [-0.4, -0.2) is 69.9 Å². The molecule has 0 bridgehead atoms. The molecule has 2 saturated heterocycles. The smallest absolute Gasteiger partial charge is 0.194 e. The van der Waals surface area contributed by atoms with E-state index in [0.29, 0.717) is 25.4 Å². The van der Waals surface area contributed by atoms with Crippen LogP contribution in [-0.2, 0) is 11.3 Å². The lowest BCUT2D eigenvalue weighted by atomic mass is 10.1. The minimum Gasteiger partial charge on any atom is -0.378 e. The molecular formula is C22H30FN5OS. The summed E-state index contributed by atoms with van der Waals surface area (Å²) in [5, 5.41) is 6.84. The van der Waals surface area contributed by atoms with Crippen LogP contribution in [0.25, 0.3) is 0 Å². The molecular weight excluding hydrogens is 401 g/mol. The second-order valence-corrected chi connectivity index (χ2v) is 8.41. The molecule has 1 aromatic carbocycles. The molecule has 0 saturated carbocycles. The summed E-state index contributed by atoms with van der Waals surface area (Å²) in [5.41, 5.74) is 1.54. The van der Waals surface area contributed by atoms with Crippen molar-refractivity contribution < 1.29 is 9.13 Å². The first-order chi connectivity index (χ1) is 14.7. The molecule has 0 radical (unpaired) electrons. The van der Waals surface area contributed by atoms with Gasteiger partial charge >= 0.3 is 0 Å². The zero-order valence-electron chi connectivity index (χ0n) is 17.5. The summed E-state index contributed by atoms with van der Waals surface area (Å²) in [6.07, 6.45) is 0. The number of halogens is 1. The Labute approximate surface area is 182 Å². The van der Waals surface area contributed by atoms with Gasteiger partial charge in [0, 0.05) is 45.8 Å². The van der Waals surface area contributed by atoms with Gasteiger partial charge in [0.15, 0.2) is 5.96 Å². The maximum atomic E-state index is 14.7. The molecule has 8 heteroatoms. The van der Waals surface area contributed by atoms with Crippen molar-refractivity contribution >= 4 is 28.0 Å². The van der Waals surface area contributed by atoms with Crippen molar-refractivity contribution in [3.8, 4) is 0 Å². The Morgan fingerprint density at radius 2 is 1.90 bits per heavy atom. The van der Waals surface area contributed by atoms with Crippen LogP contribution < -0.4 is 15.1 Å². The Hall–Kier alpha value is -2.32. The number of piperazine rings is 1. The van der Waals surface area contributed by atoms with E-state index in [4.69, 9.17) is 9.73 Å².